The predicted octanol–water partition coefficient (Wildman–Crippen LogP) is 4.94. The lowest BCUT2D eigenvalue weighted by molar-refractivity contribution is 0.0685. The third-order valence-corrected chi connectivity index (χ3v) is 5.22. The minimum Gasteiger partial charge on any atom is -0.308 e. The molecule has 0 radical (unpaired) electrons. The van der Waals surface area contributed by atoms with E-state index < -0.39 is 48.1 Å². The molecular formula is C18H10BrClF4N4O. The standard InChI is InChI=1S/C18H10BrClF4N4O/c19-11-6-13-15(28(17(23)24)18(26)27(13)4-3-21)10(7-25)14(11)16(29)9-5-8(22)1-2-12(9)20/h1-2,5-6,17,26H,3-4H2. The van der Waals surface area contributed by atoms with Crippen molar-refractivity contribution in [3.05, 3.63) is 61.9 Å². The van der Waals surface area contributed by atoms with Crippen LogP contribution in [0.3, 0.4) is 0 Å². The largest absolute Gasteiger partial charge is 0.321 e. The second-order valence-corrected chi connectivity index (χ2v) is 7.11. The van der Waals surface area contributed by atoms with Gasteiger partial charge in [-0.05, 0) is 40.2 Å². The zero-order chi connectivity index (χ0) is 21.5. The number of imidazole rings is 1. The van der Waals surface area contributed by atoms with Gasteiger partial charge < -0.3 is 4.57 Å². The smallest absolute Gasteiger partial charge is 0.308 e. The van der Waals surface area contributed by atoms with Gasteiger partial charge in [-0.3, -0.25) is 14.8 Å². The molecule has 3 aromatic rings. The van der Waals surface area contributed by atoms with Crippen LogP contribution in [0.15, 0.2) is 28.7 Å². The molecule has 0 fully saturated rings. The van der Waals surface area contributed by atoms with Gasteiger partial charge in [0, 0.05) is 10.0 Å². The molecule has 0 aliphatic rings. The van der Waals surface area contributed by atoms with Crippen molar-refractivity contribution in [2.24, 2.45) is 0 Å². The summed E-state index contributed by atoms with van der Waals surface area (Å²) in [6.45, 7) is -4.55. The number of nitriles is 1. The van der Waals surface area contributed by atoms with E-state index in [1.807, 2.05) is 0 Å². The van der Waals surface area contributed by atoms with Crippen molar-refractivity contribution < 1.29 is 22.4 Å². The van der Waals surface area contributed by atoms with Gasteiger partial charge in [-0.2, -0.15) is 14.0 Å². The molecular weight excluding hydrogens is 480 g/mol. The number of nitrogens with zero attached hydrogens (tertiary/aromatic N) is 3. The number of hydrogen-bond acceptors (Lipinski definition) is 3. The first kappa shape index (κ1) is 21.1. The second kappa shape index (κ2) is 8.00. The topological polar surface area (TPSA) is 74.6 Å². The van der Waals surface area contributed by atoms with Crippen LogP contribution in [0.2, 0.25) is 5.02 Å². The Hall–Kier alpha value is -2.64. The van der Waals surface area contributed by atoms with Gasteiger partial charge in [0.05, 0.1) is 33.7 Å². The number of carbonyl (C=O) groups excluding carboxylic acids is 1. The number of rotatable bonds is 5. The van der Waals surface area contributed by atoms with E-state index in [0.29, 0.717) is 0 Å². The van der Waals surface area contributed by atoms with Crippen LogP contribution in [-0.4, -0.2) is 21.6 Å². The van der Waals surface area contributed by atoms with E-state index in [0.717, 1.165) is 22.8 Å². The molecule has 150 valence electrons. The van der Waals surface area contributed by atoms with Gasteiger partial charge in [0.15, 0.2) is 5.78 Å². The average Bonchev–Trinajstić information content (AvgIpc) is 2.94. The van der Waals surface area contributed by atoms with Crippen LogP contribution >= 0.6 is 27.5 Å². The van der Waals surface area contributed by atoms with Crippen molar-refractivity contribution in [2.75, 3.05) is 6.67 Å². The summed E-state index contributed by atoms with van der Waals surface area (Å²) in [6.07, 6.45) is 0. The predicted molar refractivity (Wildman–Crippen MR) is 100 cm³/mol. The molecule has 0 aliphatic heterocycles. The number of fused-ring (bicyclic) bond motifs is 1. The number of ketones is 1. The molecule has 0 amide bonds. The molecule has 0 spiro atoms. The maximum absolute atomic E-state index is 13.7. The molecule has 0 saturated carbocycles. The summed E-state index contributed by atoms with van der Waals surface area (Å²) in [6, 6.07) is 6.01. The molecule has 11 heteroatoms. The van der Waals surface area contributed by atoms with E-state index in [1.54, 1.807) is 6.07 Å². The summed E-state index contributed by atoms with van der Waals surface area (Å²) >= 11 is 9.11. The number of benzene rings is 2. The van der Waals surface area contributed by atoms with Crippen LogP contribution in [0.5, 0.6) is 0 Å². The Morgan fingerprint density at radius 1 is 1.34 bits per heavy atom. The highest BCUT2D eigenvalue weighted by Crippen LogP contribution is 2.34. The van der Waals surface area contributed by atoms with Crippen molar-refractivity contribution in [3.63, 3.8) is 0 Å². The van der Waals surface area contributed by atoms with Crippen molar-refractivity contribution >= 4 is 44.3 Å². The van der Waals surface area contributed by atoms with Crippen molar-refractivity contribution in [1.29, 1.82) is 10.7 Å². The quantitative estimate of drug-likeness (QED) is 0.407. The Balaban J connectivity index is 2.44. The van der Waals surface area contributed by atoms with Crippen LogP contribution in [0, 0.1) is 22.6 Å². The summed E-state index contributed by atoms with van der Waals surface area (Å²) in [5.41, 5.74) is -2.21. The maximum atomic E-state index is 13.7. The minimum absolute atomic E-state index is 0.0294. The lowest BCUT2D eigenvalue weighted by Gasteiger charge is -2.11. The summed E-state index contributed by atoms with van der Waals surface area (Å²) < 4.78 is 55.1. The Kier molecular flexibility index (Phi) is 5.82. The van der Waals surface area contributed by atoms with Gasteiger partial charge in [0.2, 0.25) is 5.62 Å². The van der Waals surface area contributed by atoms with E-state index in [4.69, 9.17) is 17.0 Å². The SMILES string of the molecule is N#Cc1c(C(=O)c2cc(F)ccc2Cl)c(Br)cc2c1n(C(F)F)c(=N)n2CCF. The number of halogens is 6. The Labute approximate surface area is 174 Å². The Morgan fingerprint density at radius 3 is 2.62 bits per heavy atom. The molecule has 1 aromatic heterocycles. The van der Waals surface area contributed by atoms with Crippen LogP contribution in [-0.2, 0) is 6.54 Å². The molecule has 0 aliphatic carbocycles. The molecule has 0 atom stereocenters. The molecule has 29 heavy (non-hydrogen) atoms. The van der Waals surface area contributed by atoms with E-state index in [2.05, 4.69) is 15.9 Å². The molecule has 5 nitrogen and oxygen atoms in total. The van der Waals surface area contributed by atoms with Gasteiger partial charge in [-0.15, -0.1) is 0 Å². The average molecular weight is 490 g/mol. The lowest BCUT2D eigenvalue weighted by Crippen LogP contribution is -2.25. The van der Waals surface area contributed by atoms with Crippen LogP contribution in [0.1, 0.15) is 28.0 Å². The number of aryl methyl sites for hydroxylation is 1. The maximum Gasteiger partial charge on any atom is 0.321 e. The lowest BCUT2D eigenvalue weighted by atomic mass is 9.97. The van der Waals surface area contributed by atoms with Crippen molar-refractivity contribution in [2.45, 2.75) is 13.1 Å². The normalized spacial score (nSPS) is 11.2. The van der Waals surface area contributed by atoms with E-state index >= 15 is 0 Å². The van der Waals surface area contributed by atoms with Gasteiger partial charge in [-0.25, -0.2) is 8.78 Å². The number of aromatic nitrogens is 2. The van der Waals surface area contributed by atoms with E-state index in [1.165, 1.54) is 6.07 Å². The number of alkyl halides is 3. The van der Waals surface area contributed by atoms with Crippen LogP contribution in [0.25, 0.3) is 11.0 Å². The molecule has 1 heterocycles. The summed E-state index contributed by atoms with van der Waals surface area (Å²) in [5, 5.41) is 17.5. The number of nitrogens with one attached hydrogen (secondary N) is 1. The fraction of sp³-hybridized carbons (Fsp3) is 0.167. The molecule has 0 unspecified atom stereocenters. The third kappa shape index (κ3) is 3.45. The van der Waals surface area contributed by atoms with E-state index in [-0.39, 0.29) is 30.7 Å². The van der Waals surface area contributed by atoms with Crippen LogP contribution < -0.4 is 5.62 Å². The first-order valence-electron chi connectivity index (χ1n) is 7.98. The highest BCUT2D eigenvalue weighted by Gasteiger charge is 2.28. The molecule has 0 bridgehead atoms. The molecule has 1 N–H and O–H groups in total. The third-order valence-electron chi connectivity index (χ3n) is 4.26. The molecule has 3 rings (SSSR count). The first-order valence-corrected chi connectivity index (χ1v) is 9.15. The number of carbonyl (C=O) groups is 1. The van der Waals surface area contributed by atoms with Gasteiger partial charge in [-0.1, -0.05) is 11.6 Å². The molecule has 2 aromatic carbocycles. The fourth-order valence-corrected chi connectivity index (χ4v) is 3.86. The number of hydrogen-bond donors (Lipinski definition) is 1. The highest BCUT2D eigenvalue weighted by atomic mass is 79.9. The highest BCUT2D eigenvalue weighted by molar-refractivity contribution is 9.10. The van der Waals surface area contributed by atoms with Crippen molar-refractivity contribution in [3.8, 4) is 6.07 Å². The summed E-state index contributed by atoms with van der Waals surface area (Å²) in [4.78, 5) is 13.0. The second-order valence-electron chi connectivity index (χ2n) is 5.85. The molecule has 0 saturated heterocycles. The minimum atomic E-state index is -3.22. The summed E-state index contributed by atoms with van der Waals surface area (Å²) in [5.74, 6) is -1.62. The zero-order valence-electron chi connectivity index (χ0n) is 14.3. The van der Waals surface area contributed by atoms with Gasteiger partial charge in [0.1, 0.15) is 18.6 Å². The monoisotopic (exact) mass is 488 g/mol. The summed E-state index contributed by atoms with van der Waals surface area (Å²) in [7, 11) is 0. The van der Waals surface area contributed by atoms with Crippen LogP contribution in [0.4, 0.5) is 17.6 Å². The Bertz CT molecular complexity index is 1250. The van der Waals surface area contributed by atoms with Crippen molar-refractivity contribution in [1.82, 2.24) is 9.13 Å². The van der Waals surface area contributed by atoms with Gasteiger partial charge in [0.25, 0.3) is 0 Å². The van der Waals surface area contributed by atoms with Gasteiger partial charge >= 0.3 is 6.55 Å². The zero-order valence-corrected chi connectivity index (χ0v) is 16.7. The fourth-order valence-electron chi connectivity index (χ4n) is 3.06. The van der Waals surface area contributed by atoms with E-state index in [9.17, 15) is 27.6 Å². The first-order chi connectivity index (χ1) is 13.7. The Morgan fingerprint density at radius 2 is 2.03 bits per heavy atom.